The molecule has 0 fully saturated rings. The Hall–Kier alpha value is -2.96. The average Bonchev–Trinajstić information content (AvgIpc) is 3.11. The second-order valence-corrected chi connectivity index (χ2v) is 6.95. The van der Waals surface area contributed by atoms with Crippen LogP contribution in [0.3, 0.4) is 0 Å². The number of carbonyl (C=O) groups is 1. The maximum atomic E-state index is 13.1. The van der Waals surface area contributed by atoms with Gasteiger partial charge in [0.15, 0.2) is 5.65 Å². The number of nitrogens with zero attached hydrogens (tertiary/aromatic N) is 3. The fraction of sp³-hybridized carbons (Fsp3) is 0.278. The number of pyridine rings is 1. The Balaban J connectivity index is 1.91. The minimum Gasteiger partial charge on any atom is -0.475 e. The largest absolute Gasteiger partial charge is 0.475 e. The van der Waals surface area contributed by atoms with Crippen molar-refractivity contribution in [1.29, 1.82) is 0 Å². The molecule has 7 heteroatoms. The minimum absolute atomic E-state index is 0.189. The summed E-state index contributed by atoms with van der Waals surface area (Å²) in [4.78, 5) is 15.6. The van der Waals surface area contributed by atoms with Gasteiger partial charge in [0.2, 0.25) is 0 Å². The zero-order valence-corrected chi connectivity index (χ0v) is 13.9. The van der Waals surface area contributed by atoms with Crippen LogP contribution in [0.25, 0.3) is 5.65 Å². The van der Waals surface area contributed by atoms with Crippen molar-refractivity contribution < 1.29 is 14.3 Å². The summed E-state index contributed by atoms with van der Waals surface area (Å²) in [7, 11) is 0. The van der Waals surface area contributed by atoms with Gasteiger partial charge >= 0.3 is 5.97 Å². The molecule has 0 unspecified atom stereocenters. The smallest absolute Gasteiger partial charge is 0.375 e. The van der Waals surface area contributed by atoms with Crippen molar-refractivity contribution in [2.24, 2.45) is 0 Å². The van der Waals surface area contributed by atoms with Crippen LogP contribution in [0, 0.1) is 5.82 Å². The lowest BCUT2D eigenvalue weighted by molar-refractivity contribution is 0.0684. The summed E-state index contributed by atoms with van der Waals surface area (Å²) in [6.07, 6.45) is 0.511. The van der Waals surface area contributed by atoms with Gasteiger partial charge in [-0.15, -0.1) is 5.10 Å². The number of hydrogen-bond acceptors (Lipinski definition) is 4. The third-order valence-electron chi connectivity index (χ3n) is 4.54. The van der Waals surface area contributed by atoms with E-state index in [-0.39, 0.29) is 17.1 Å². The van der Waals surface area contributed by atoms with Crippen LogP contribution in [0.15, 0.2) is 30.3 Å². The molecule has 2 N–H and O–H groups in total. The SMILES string of the molecule is CC1(C)CNc2cc(Cc3ccc(F)cc3)c3nc(C(=O)O)nn3c21. The number of anilines is 1. The molecule has 2 aromatic heterocycles. The number of fused-ring (bicyclic) bond motifs is 3. The number of carboxylic acid groups (broad SMARTS) is 1. The third-order valence-corrected chi connectivity index (χ3v) is 4.54. The number of aromatic nitrogens is 3. The topological polar surface area (TPSA) is 79.5 Å². The molecule has 0 atom stereocenters. The van der Waals surface area contributed by atoms with E-state index in [2.05, 4.69) is 29.2 Å². The molecule has 1 aromatic carbocycles. The molecule has 0 saturated heterocycles. The van der Waals surface area contributed by atoms with Gasteiger partial charge in [-0.2, -0.15) is 0 Å². The molecule has 0 aliphatic carbocycles. The van der Waals surface area contributed by atoms with Crippen LogP contribution in [-0.2, 0) is 11.8 Å². The first-order chi connectivity index (χ1) is 11.8. The fourth-order valence-corrected chi connectivity index (χ4v) is 3.33. The van der Waals surface area contributed by atoms with E-state index in [9.17, 15) is 14.3 Å². The summed E-state index contributed by atoms with van der Waals surface area (Å²) >= 11 is 0. The van der Waals surface area contributed by atoms with Crippen LogP contribution >= 0.6 is 0 Å². The van der Waals surface area contributed by atoms with Crippen molar-refractivity contribution in [3.8, 4) is 0 Å². The van der Waals surface area contributed by atoms with Crippen LogP contribution in [0.2, 0.25) is 0 Å². The molecule has 25 heavy (non-hydrogen) atoms. The summed E-state index contributed by atoms with van der Waals surface area (Å²) in [6.45, 7) is 4.89. The molecule has 1 aliphatic heterocycles. The lowest BCUT2D eigenvalue weighted by Crippen LogP contribution is -2.22. The van der Waals surface area contributed by atoms with E-state index in [0.29, 0.717) is 12.1 Å². The normalized spacial score (nSPS) is 15.2. The van der Waals surface area contributed by atoms with Crippen LogP contribution in [0.1, 0.15) is 41.3 Å². The summed E-state index contributed by atoms with van der Waals surface area (Å²) in [5, 5.41) is 16.8. The molecule has 1 aliphatic rings. The molecular weight excluding hydrogens is 323 g/mol. The molecule has 3 aromatic rings. The van der Waals surface area contributed by atoms with Crippen LogP contribution in [-0.4, -0.2) is 32.2 Å². The molecule has 0 spiro atoms. The van der Waals surface area contributed by atoms with Gasteiger partial charge in [-0.3, -0.25) is 0 Å². The quantitative estimate of drug-likeness (QED) is 0.766. The highest BCUT2D eigenvalue weighted by atomic mass is 19.1. The predicted molar refractivity (Wildman–Crippen MR) is 90.7 cm³/mol. The van der Waals surface area contributed by atoms with E-state index in [1.54, 1.807) is 16.6 Å². The van der Waals surface area contributed by atoms with E-state index < -0.39 is 5.97 Å². The number of aromatic carboxylic acids is 1. The molecular formula is C18H17FN4O2. The van der Waals surface area contributed by atoms with Crippen molar-refractivity contribution >= 4 is 17.3 Å². The monoisotopic (exact) mass is 340 g/mol. The van der Waals surface area contributed by atoms with Gasteiger partial charge in [-0.1, -0.05) is 26.0 Å². The minimum atomic E-state index is -1.16. The second kappa shape index (κ2) is 5.27. The van der Waals surface area contributed by atoms with Gasteiger partial charge in [0.25, 0.3) is 5.82 Å². The number of rotatable bonds is 3. The standard InChI is InChI=1S/C18H17FN4O2/c1-18(2)9-20-13-8-11(7-10-3-5-12(19)6-4-10)16-21-15(17(24)25)22-23(16)14(13)18/h3-6,8,20H,7,9H2,1-2H3,(H,24,25). The first kappa shape index (κ1) is 15.6. The zero-order valence-electron chi connectivity index (χ0n) is 13.9. The molecule has 0 saturated carbocycles. The Bertz CT molecular complexity index is 992. The van der Waals surface area contributed by atoms with Gasteiger partial charge in [-0.25, -0.2) is 18.7 Å². The maximum Gasteiger partial charge on any atom is 0.375 e. The molecule has 3 heterocycles. The van der Waals surface area contributed by atoms with Crippen molar-refractivity contribution in [1.82, 2.24) is 14.6 Å². The highest BCUT2D eigenvalue weighted by Crippen LogP contribution is 2.37. The number of halogens is 1. The van der Waals surface area contributed by atoms with Crippen LogP contribution in [0.5, 0.6) is 0 Å². The molecule has 0 amide bonds. The summed E-state index contributed by atoms with van der Waals surface area (Å²) in [6, 6.07) is 8.24. The Labute approximate surface area is 143 Å². The summed E-state index contributed by atoms with van der Waals surface area (Å²) < 4.78 is 14.8. The lowest BCUT2D eigenvalue weighted by atomic mass is 9.90. The van der Waals surface area contributed by atoms with Crippen molar-refractivity contribution in [2.75, 3.05) is 11.9 Å². The third kappa shape index (κ3) is 2.52. The Morgan fingerprint density at radius 1 is 1.36 bits per heavy atom. The average molecular weight is 340 g/mol. The number of hydrogen-bond donors (Lipinski definition) is 2. The highest BCUT2D eigenvalue weighted by molar-refractivity contribution is 5.84. The molecule has 6 nitrogen and oxygen atoms in total. The van der Waals surface area contributed by atoms with Gasteiger partial charge in [0.1, 0.15) is 5.82 Å². The van der Waals surface area contributed by atoms with E-state index in [1.165, 1.54) is 12.1 Å². The van der Waals surface area contributed by atoms with E-state index in [0.717, 1.165) is 29.1 Å². The number of nitrogens with one attached hydrogen (secondary N) is 1. The molecule has 4 rings (SSSR count). The van der Waals surface area contributed by atoms with Gasteiger partial charge < -0.3 is 10.4 Å². The van der Waals surface area contributed by atoms with Gasteiger partial charge in [0.05, 0.1) is 11.4 Å². The van der Waals surface area contributed by atoms with Crippen molar-refractivity contribution in [3.05, 3.63) is 58.8 Å². The fourth-order valence-electron chi connectivity index (χ4n) is 3.33. The van der Waals surface area contributed by atoms with E-state index >= 15 is 0 Å². The first-order valence-corrected chi connectivity index (χ1v) is 8.00. The first-order valence-electron chi connectivity index (χ1n) is 8.00. The number of carboxylic acids is 1. The molecule has 128 valence electrons. The predicted octanol–water partition coefficient (Wildman–Crippen LogP) is 2.86. The van der Waals surface area contributed by atoms with Gasteiger partial charge in [0, 0.05) is 23.9 Å². The number of benzene rings is 1. The van der Waals surface area contributed by atoms with Crippen LogP contribution in [0.4, 0.5) is 10.1 Å². The molecule has 0 bridgehead atoms. The maximum absolute atomic E-state index is 13.1. The van der Waals surface area contributed by atoms with Crippen molar-refractivity contribution in [3.63, 3.8) is 0 Å². The Morgan fingerprint density at radius 3 is 2.76 bits per heavy atom. The van der Waals surface area contributed by atoms with E-state index in [1.807, 2.05) is 6.07 Å². The van der Waals surface area contributed by atoms with Crippen LogP contribution < -0.4 is 5.32 Å². The summed E-state index contributed by atoms with van der Waals surface area (Å²) in [5.74, 6) is -1.67. The Kier molecular flexibility index (Phi) is 3.28. The molecule has 0 radical (unpaired) electrons. The summed E-state index contributed by atoms with van der Waals surface area (Å²) in [5.41, 5.74) is 3.95. The highest BCUT2D eigenvalue weighted by Gasteiger charge is 2.34. The van der Waals surface area contributed by atoms with Gasteiger partial charge in [-0.05, 0) is 23.8 Å². The lowest BCUT2D eigenvalue weighted by Gasteiger charge is -2.18. The second-order valence-electron chi connectivity index (χ2n) is 6.95. The Morgan fingerprint density at radius 2 is 2.08 bits per heavy atom. The van der Waals surface area contributed by atoms with Crippen molar-refractivity contribution in [2.45, 2.75) is 25.7 Å². The zero-order chi connectivity index (χ0) is 17.8. The van der Waals surface area contributed by atoms with E-state index in [4.69, 9.17) is 0 Å².